The summed E-state index contributed by atoms with van der Waals surface area (Å²) in [4.78, 5) is 11.1. The van der Waals surface area contributed by atoms with E-state index in [0.717, 1.165) is 19.3 Å². The fourth-order valence-corrected chi connectivity index (χ4v) is 2.02. The van der Waals surface area contributed by atoms with Crippen LogP contribution in [0, 0.1) is 5.82 Å². The molecule has 0 aliphatic heterocycles. The Morgan fingerprint density at radius 2 is 2.11 bits per heavy atom. The molecule has 0 radical (unpaired) electrons. The maximum absolute atomic E-state index is 12.8. The highest BCUT2D eigenvalue weighted by Crippen LogP contribution is 2.25. The van der Waals surface area contributed by atoms with Crippen molar-refractivity contribution in [2.24, 2.45) is 0 Å². The molecule has 3 nitrogen and oxygen atoms in total. The first-order valence-electron chi connectivity index (χ1n) is 6.37. The molecule has 0 aliphatic carbocycles. The second-order valence-electron chi connectivity index (χ2n) is 4.04. The second kappa shape index (κ2) is 8.91. The Bertz CT molecular complexity index is 410. The highest BCUT2D eigenvalue weighted by Gasteiger charge is 2.03. The van der Waals surface area contributed by atoms with Crippen molar-refractivity contribution in [2.45, 2.75) is 32.6 Å². The lowest BCUT2D eigenvalue weighted by Gasteiger charge is -2.08. The van der Waals surface area contributed by atoms with Gasteiger partial charge in [-0.2, -0.15) is 0 Å². The highest BCUT2D eigenvalue weighted by atomic mass is 79.9. The average Bonchev–Trinajstić information content (AvgIpc) is 2.36. The van der Waals surface area contributed by atoms with Gasteiger partial charge in [-0.3, -0.25) is 4.79 Å². The first kappa shape index (κ1) is 16.0. The molecule has 0 heterocycles. The molecule has 5 heteroatoms. The maximum atomic E-state index is 12.8. The molecule has 1 rings (SSSR count). The lowest BCUT2D eigenvalue weighted by atomic mass is 10.2. The molecular weight excluding hydrogens is 315 g/mol. The van der Waals surface area contributed by atoms with E-state index in [2.05, 4.69) is 15.9 Å². The number of ether oxygens (including phenoxy) is 2. The Morgan fingerprint density at radius 3 is 2.79 bits per heavy atom. The molecule has 19 heavy (non-hydrogen) atoms. The van der Waals surface area contributed by atoms with Gasteiger partial charge in [0.05, 0.1) is 17.7 Å². The van der Waals surface area contributed by atoms with Crippen molar-refractivity contribution >= 4 is 21.9 Å². The van der Waals surface area contributed by atoms with Gasteiger partial charge in [0, 0.05) is 6.42 Å². The molecule has 0 N–H and O–H groups in total. The number of esters is 1. The van der Waals surface area contributed by atoms with Crippen LogP contribution in [0.1, 0.15) is 32.6 Å². The zero-order chi connectivity index (χ0) is 14.1. The number of unbranched alkanes of at least 4 members (excludes halogenated alkanes) is 2. The summed E-state index contributed by atoms with van der Waals surface area (Å²) in [7, 11) is 0. The Balaban J connectivity index is 2.12. The summed E-state index contributed by atoms with van der Waals surface area (Å²) in [6.45, 7) is 2.78. The average molecular weight is 333 g/mol. The van der Waals surface area contributed by atoms with E-state index >= 15 is 0 Å². The van der Waals surface area contributed by atoms with Crippen LogP contribution in [-0.4, -0.2) is 19.2 Å². The van der Waals surface area contributed by atoms with Crippen molar-refractivity contribution in [1.29, 1.82) is 0 Å². The minimum absolute atomic E-state index is 0.148. The lowest BCUT2D eigenvalue weighted by molar-refractivity contribution is -0.143. The Hall–Kier alpha value is -1.10. The molecule has 0 saturated carbocycles. The van der Waals surface area contributed by atoms with Crippen LogP contribution in [0.2, 0.25) is 0 Å². The molecule has 1 aromatic carbocycles. The number of carbonyl (C=O) groups is 1. The van der Waals surface area contributed by atoms with Crippen LogP contribution in [0.4, 0.5) is 4.39 Å². The quantitative estimate of drug-likeness (QED) is 0.531. The van der Waals surface area contributed by atoms with Gasteiger partial charge in [-0.25, -0.2) is 4.39 Å². The summed E-state index contributed by atoms with van der Waals surface area (Å²) in [5.74, 6) is 0.185. The highest BCUT2D eigenvalue weighted by molar-refractivity contribution is 9.10. The minimum atomic E-state index is -0.298. The molecule has 0 atom stereocenters. The molecule has 0 aromatic heterocycles. The molecule has 0 fully saturated rings. The van der Waals surface area contributed by atoms with Crippen LogP contribution in [0.15, 0.2) is 22.7 Å². The molecular formula is C14H18BrFO3. The molecule has 0 aliphatic rings. The summed E-state index contributed by atoms with van der Waals surface area (Å²) in [5, 5.41) is 0. The third-order valence-electron chi connectivity index (χ3n) is 2.48. The van der Waals surface area contributed by atoms with Gasteiger partial charge in [-0.1, -0.05) is 0 Å². The van der Waals surface area contributed by atoms with Crippen LogP contribution in [-0.2, 0) is 9.53 Å². The van der Waals surface area contributed by atoms with Gasteiger partial charge in [-0.15, -0.1) is 0 Å². The molecule has 106 valence electrons. The smallest absolute Gasteiger partial charge is 0.305 e. The third-order valence-corrected chi connectivity index (χ3v) is 3.10. The van der Waals surface area contributed by atoms with Crippen LogP contribution >= 0.6 is 15.9 Å². The lowest BCUT2D eigenvalue weighted by Crippen LogP contribution is -2.04. The van der Waals surface area contributed by atoms with E-state index in [1.807, 2.05) is 0 Å². The summed E-state index contributed by atoms with van der Waals surface area (Å²) < 4.78 is 23.8. The first-order chi connectivity index (χ1) is 9.13. The number of hydrogen-bond donors (Lipinski definition) is 0. The van der Waals surface area contributed by atoms with E-state index in [9.17, 15) is 9.18 Å². The molecule has 0 saturated heterocycles. The van der Waals surface area contributed by atoms with Crippen LogP contribution in [0.3, 0.4) is 0 Å². The van der Waals surface area contributed by atoms with Gasteiger partial charge in [0.1, 0.15) is 11.6 Å². The third kappa shape index (κ3) is 6.57. The van der Waals surface area contributed by atoms with Crippen LogP contribution < -0.4 is 4.74 Å². The normalized spacial score (nSPS) is 10.3. The summed E-state index contributed by atoms with van der Waals surface area (Å²) in [5.41, 5.74) is 0. The molecule has 0 unspecified atom stereocenters. The number of halogens is 2. The zero-order valence-electron chi connectivity index (χ0n) is 11.0. The van der Waals surface area contributed by atoms with E-state index in [1.165, 1.54) is 12.1 Å². The summed E-state index contributed by atoms with van der Waals surface area (Å²) in [6.07, 6.45) is 3.00. The Labute approximate surface area is 121 Å². The van der Waals surface area contributed by atoms with E-state index < -0.39 is 0 Å². The van der Waals surface area contributed by atoms with Crippen LogP contribution in [0.25, 0.3) is 0 Å². The Morgan fingerprint density at radius 1 is 1.32 bits per heavy atom. The molecule has 1 aromatic rings. The van der Waals surface area contributed by atoms with E-state index in [0.29, 0.717) is 29.9 Å². The van der Waals surface area contributed by atoms with Crippen molar-refractivity contribution in [3.05, 3.63) is 28.5 Å². The molecule has 0 spiro atoms. The standard InChI is InChI=1S/C14H18BrFO3/c1-2-18-14(17)6-4-3-5-9-19-13-8-7-11(16)10-12(13)15/h7-8,10H,2-6,9H2,1H3. The van der Waals surface area contributed by atoms with Gasteiger partial charge in [0.15, 0.2) is 0 Å². The van der Waals surface area contributed by atoms with Crippen LogP contribution in [0.5, 0.6) is 5.75 Å². The zero-order valence-corrected chi connectivity index (χ0v) is 12.5. The van der Waals surface area contributed by atoms with E-state index in [1.54, 1.807) is 13.0 Å². The first-order valence-corrected chi connectivity index (χ1v) is 7.16. The van der Waals surface area contributed by atoms with Crippen molar-refractivity contribution in [3.8, 4) is 5.75 Å². The van der Waals surface area contributed by atoms with Gasteiger partial charge >= 0.3 is 5.97 Å². The van der Waals surface area contributed by atoms with Gasteiger partial charge in [-0.05, 0) is 60.3 Å². The maximum Gasteiger partial charge on any atom is 0.305 e. The van der Waals surface area contributed by atoms with Gasteiger partial charge in [0.2, 0.25) is 0 Å². The van der Waals surface area contributed by atoms with Gasteiger partial charge < -0.3 is 9.47 Å². The number of benzene rings is 1. The largest absolute Gasteiger partial charge is 0.492 e. The molecule has 0 amide bonds. The van der Waals surface area contributed by atoms with Crippen molar-refractivity contribution < 1.29 is 18.7 Å². The second-order valence-corrected chi connectivity index (χ2v) is 4.89. The number of rotatable bonds is 8. The summed E-state index contributed by atoms with van der Waals surface area (Å²) >= 11 is 3.24. The topological polar surface area (TPSA) is 35.5 Å². The summed E-state index contributed by atoms with van der Waals surface area (Å²) in [6, 6.07) is 4.33. The van der Waals surface area contributed by atoms with Gasteiger partial charge in [0.25, 0.3) is 0 Å². The SMILES string of the molecule is CCOC(=O)CCCCCOc1ccc(F)cc1Br. The minimum Gasteiger partial charge on any atom is -0.492 e. The number of hydrogen-bond acceptors (Lipinski definition) is 3. The fourth-order valence-electron chi connectivity index (χ4n) is 1.56. The predicted octanol–water partition coefficient (Wildman–Crippen LogP) is 4.09. The van der Waals surface area contributed by atoms with E-state index in [4.69, 9.17) is 9.47 Å². The number of carbonyl (C=O) groups excluding carboxylic acids is 1. The monoisotopic (exact) mass is 332 g/mol. The van der Waals surface area contributed by atoms with Crippen molar-refractivity contribution in [1.82, 2.24) is 0 Å². The fraction of sp³-hybridized carbons (Fsp3) is 0.500. The van der Waals surface area contributed by atoms with Crippen molar-refractivity contribution in [3.63, 3.8) is 0 Å². The molecule has 0 bridgehead atoms. The predicted molar refractivity (Wildman–Crippen MR) is 74.7 cm³/mol. The van der Waals surface area contributed by atoms with E-state index in [-0.39, 0.29) is 11.8 Å². The Kier molecular flexibility index (Phi) is 7.48. The van der Waals surface area contributed by atoms with Crippen molar-refractivity contribution in [2.75, 3.05) is 13.2 Å².